The molecule has 0 saturated heterocycles. The highest BCUT2D eigenvalue weighted by molar-refractivity contribution is 5.92. The summed E-state index contributed by atoms with van der Waals surface area (Å²) in [5.74, 6) is 3.42. The van der Waals surface area contributed by atoms with E-state index in [1.807, 2.05) is 24.3 Å². The van der Waals surface area contributed by atoms with Gasteiger partial charge in [0.05, 0.1) is 0 Å². The first-order chi connectivity index (χ1) is 20.3. The van der Waals surface area contributed by atoms with Crippen molar-refractivity contribution in [3.63, 3.8) is 0 Å². The zero-order valence-corrected chi connectivity index (χ0v) is 22.5. The third-order valence-electron chi connectivity index (χ3n) is 7.98. The summed E-state index contributed by atoms with van der Waals surface area (Å²) in [5, 5.41) is 4.40. The Morgan fingerprint density at radius 2 is 0.927 bits per heavy atom. The van der Waals surface area contributed by atoms with E-state index in [4.69, 9.17) is 14.2 Å². The summed E-state index contributed by atoms with van der Waals surface area (Å²) in [6.07, 6.45) is 0. The number of benzene rings is 6. The molecular formula is C36H28N2O3. The molecule has 5 heteroatoms. The molecule has 0 atom stereocenters. The van der Waals surface area contributed by atoms with Crippen LogP contribution in [-0.4, -0.2) is 13.5 Å². The lowest BCUT2D eigenvalue weighted by atomic mass is 10.0. The molecule has 0 aromatic heterocycles. The first-order valence-electron chi connectivity index (χ1n) is 13.9. The molecule has 0 spiro atoms. The van der Waals surface area contributed by atoms with Gasteiger partial charge in [0, 0.05) is 46.4 Å². The maximum absolute atomic E-state index is 6.43. The predicted octanol–water partition coefficient (Wildman–Crippen LogP) is 8.50. The minimum Gasteiger partial charge on any atom is -0.472 e. The monoisotopic (exact) mass is 536 g/mol. The lowest BCUT2D eigenvalue weighted by Gasteiger charge is -2.31. The zero-order chi connectivity index (χ0) is 27.2. The summed E-state index contributed by atoms with van der Waals surface area (Å²) in [7, 11) is 0. The molecule has 2 aliphatic rings. The van der Waals surface area contributed by atoms with Gasteiger partial charge in [-0.25, -0.2) is 0 Å². The Balaban J connectivity index is 1.08. The Labute approximate surface area is 238 Å². The molecule has 0 radical (unpaired) electrons. The predicted molar refractivity (Wildman–Crippen MR) is 164 cm³/mol. The highest BCUT2D eigenvalue weighted by Crippen LogP contribution is 2.40. The molecule has 0 aliphatic carbocycles. The van der Waals surface area contributed by atoms with Gasteiger partial charge >= 0.3 is 0 Å². The third kappa shape index (κ3) is 4.36. The van der Waals surface area contributed by atoms with Gasteiger partial charge in [0.25, 0.3) is 0 Å². The fourth-order valence-electron chi connectivity index (χ4n) is 5.88. The van der Waals surface area contributed by atoms with Crippen LogP contribution in [-0.2, 0) is 13.1 Å². The van der Waals surface area contributed by atoms with Crippen LogP contribution in [0.25, 0.3) is 21.5 Å². The lowest BCUT2D eigenvalue weighted by Crippen LogP contribution is -2.31. The zero-order valence-electron chi connectivity index (χ0n) is 22.5. The lowest BCUT2D eigenvalue weighted by molar-refractivity contribution is 0.293. The second kappa shape index (κ2) is 9.79. The Morgan fingerprint density at radius 1 is 0.488 bits per heavy atom. The number of hydrogen-bond acceptors (Lipinski definition) is 5. The van der Waals surface area contributed by atoms with E-state index in [0.29, 0.717) is 13.5 Å². The van der Waals surface area contributed by atoms with E-state index in [-0.39, 0.29) is 0 Å². The van der Waals surface area contributed by atoms with Crippen molar-refractivity contribution in [1.29, 1.82) is 0 Å². The average molecular weight is 537 g/mol. The van der Waals surface area contributed by atoms with E-state index in [0.717, 1.165) is 69.0 Å². The maximum atomic E-state index is 6.43. The molecule has 0 unspecified atom stereocenters. The van der Waals surface area contributed by atoms with Crippen LogP contribution in [0.1, 0.15) is 11.1 Å². The Kier molecular flexibility index (Phi) is 5.66. The van der Waals surface area contributed by atoms with Crippen LogP contribution < -0.4 is 24.0 Å². The largest absolute Gasteiger partial charge is 0.472 e. The summed E-state index contributed by atoms with van der Waals surface area (Å²) < 4.78 is 19.1. The molecular weight excluding hydrogens is 508 g/mol. The molecule has 41 heavy (non-hydrogen) atoms. The quantitative estimate of drug-likeness (QED) is 0.226. The molecule has 0 fully saturated rings. The Morgan fingerprint density at radius 3 is 1.39 bits per heavy atom. The number of hydrogen-bond donors (Lipinski definition) is 0. The van der Waals surface area contributed by atoms with Gasteiger partial charge in [-0.1, -0.05) is 72.8 Å². The highest BCUT2D eigenvalue weighted by atomic mass is 16.5. The van der Waals surface area contributed by atoms with Gasteiger partial charge in [-0.05, 0) is 59.3 Å². The van der Waals surface area contributed by atoms with Crippen molar-refractivity contribution in [1.82, 2.24) is 0 Å². The minimum atomic E-state index is 0.513. The van der Waals surface area contributed by atoms with Gasteiger partial charge in [-0.15, -0.1) is 0 Å². The van der Waals surface area contributed by atoms with E-state index < -0.39 is 0 Å². The molecule has 200 valence electrons. The van der Waals surface area contributed by atoms with Gasteiger partial charge < -0.3 is 24.0 Å². The molecule has 0 bridgehead atoms. The van der Waals surface area contributed by atoms with Crippen molar-refractivity contribution in [2.45, 2.75) is 13.1 Å². The molecule has 8 rings (SSSR count). The molecule has 0 amide bonds. The van der Waals surface area contributed by atoms with Crippen molar-refractivity contribution in [3.8, 4) is 23.0 Å². The normalized spacial score (nSPS) is 14.2. The van der Waals surface area contributed by atoms with Crippen LogP contribution in [0, 0.1) is 0 Å². The number of rotatable bonds is 4. The second-order valence-electron chi connectivity index (χ2n) is 10.6. The number of fused-ring (bicyclic) bond motifs is 6. The third-order valence-corrected chi connectivity index (χ3v) is 7.98. The highest BCUT2D eigenvalue weighted by Gasteiger charge is 2.22. The average Bonchev–Trinajstić information content (AvgIpc) is 3.05. The number of nitrogens with zero attached hydrogens (tertiary/aromatic N) is 2. The number of anilines is 2. The van der Waals surface area contributed by atoms with Crippen LogP contribution >= 0.6 is 0 Å². The minimum absolute atomic E-state index is 0.513. The Bertz CT molecular complexity index is 1750. The van der Waals surface area contributed by atoms with Crippen molar-refractivity contribution in [3.05, 3.63) is 132 Å². The van der Waals surface area contributed by atoms with Gasteiger partial charge in [0.2, 0.25) is 0 Å². The molecule has 5 nitrogen and oxygen atoms in total. The van der Waals surface area contributed by atoms with Crippen LogP contribution in [0.4, 0.5) is 11.4 Å². The van der Waals surface area contributed by atoms with Crippen LogP contribution in [0.3, 0.4) is 0 Å². The van der Waals surface area contributed by atoms with Crippen molar-refractivity contribution in [2.75, 3.05) is 23.3 Å². The summed E-state index contributed by atoms with van der Waals surface area (Å²) in [6.45, 7) is 2.63. The van der Waals surface area contributed by atoms with Gasteiger partial charge in [-0.2, -0.15) is 0 Å². The second-order valence-corrected chi connectivity index (χ2v) is 10.6. The molecule has 2 aliphatic heterocycles. The first kappa shape index (κ1) is 23.7. The Hall–Kier alpha value is -5.16. The van der Waals surface area contributed by atoms with Crippen LogP contribution in [0.2, 0.25) is 0 Å². The van der Waals surface area contributed by atoms with E-state index in [1.165, 1.54) is 11.1 Å². The first-order valence-corrected chi connectivity index (χ1v) is 13.9. The van der Waals surface area contributed by atoms with Crippen molar-refractivity contribution < 1.29 is 14.2 Å². The fourth-order valence-corrected chi connectivity index (χ4v) is 5.88. The topological polar surface area (TPSA) is 34.2 Å². The molecule has 0 N–H and O–H groups in total. The number of para-hydroxylation sites is 2. The van der Waals surface area contributed by atoms with Gasteiger partial charge in [0.15, 0.2) is 13.5 Å². The van der Waals surface area contributed by atoms with E-state index in [1.54, 1.807) is 0 Å². The molecule has 2 heterocycles. The van der Waals surface area contributed by atoms with Gasteiger partial charge in [0.1, 0.15) is 23.0 Å². The smallest absolute Gasteiger partial charge is 0.161 e. The summed E-state index contributed by atoms with van der Waals surface area (Å²) in [4.78, 5) is 4.48. The standard InChI is InChI=1S/C36H28N2O3/c1-3-7-29(8-4-1)37-21-27-13-11-25-15-17-31(19-33(25)35(27)39-23-37)41-32-18-16-26-12-14-28-22-38(30-9-5-2-6-10-30)24-40-36(28)34(26)20-32/h1-20H,21-24H2. The molecule has 6 aromatic rings. The van der Waals surface area contributed by atoms with Crippen LogP contribution in [0.15, 0.2) is 121 Å². The van der Waals surface area contributed by atoms with E-state index >= 15 is 0 Å². The van der Waals surface area contributed by atoms with E-state index in [2.05, 4.69) is 107 Å². The SMILES string of the molecule is c1ccc(N2COc3c(ccc4ccc(Oc5ccc6ccc7c(c6c5)OCN(c5ccccc5)C7)cc34)C2)cc1. The summed E-state index contributed by atoms with van der Waals surface area (Å²) >= 11 is 0. The summed E-state index contributed by atoms with van der Waals surface area (Å²) in [5.41, 5.74) is 4.66. The number of ether oxygens (including phenoxy) is 3. The van der Waals surface area contributed by atoms with Crippen LogP contribution in [0.5, 0.6) is 23.0 Å². The maximum Gasteiger partial charge on any atom is 0.161 e. The van der Waals surface area contributed by atoms with E-state index in [9.17, 15) is 0 Å². The molecule has 6 aromatic carbocycles. The molecule has 0 saturated carbocycles. The van der Waals surface area contributed by atoms with Crippen molar-refractivity contribution in [2.24, 2.45) is 0 Å². The van der Waals surface area contributed by atoms with Crippen molar-refractivity contribution >= 4 is 32.9 Å². The van der Waals surface area contributed by atoms with Gasteiger partial charge in [-0.3, -0.25) is 0 Å². The fraction of sp³-hybridized carbons (Fsp3) is 0.111. The summed E-state index contributed by atoms with van der Waals surface area (Å²) in [6, 6.07) is 41.8.